The van der Waals surface area contributed by atoms with Crippen LogP contribution in [0.25, 0.3) is 0 Å². The molecule has 0 aromatic heterocycles. The van der Waals surface area contributed by atoms with Crippen LogP contribution >= 0.6 is 0 Å². The Bertz CT molecular complexity index is 522. The molecule has 2 aromatic rings. The molecule has 0 amide bonds. The van der Waals surface area contributed by atoms with Gasteiger partial charge in [-0.3, -0.25) is 0 Å². The highest BCUT2D eigenvalue weighted by Gasteiger charge is 2.02. The van der Waals surface area contributed by atoms with E-state index in [1.165, 1.54) is 17.5 Å². The van der Waals surface area contributed by atoms with Gasteiger partial charge in [0.25, 0.3) is 0 Å². The first kappa shape index (κ1) is 14.4. The monoisotopic (exact) mass is 269 g/mol. The van der Waals surface area contributed by atoms with Crippen LogP contribution in [0.5, 0.6) is 5.75 Å². The van der Waals surface area contributed by atoms with E-state index in [1.807, 2.05) is 6.07 Å². The highest BCUT2D eigenvalue weighted by atomic mass is 16.5. The number of ether oxygens (including phenoxy) is 1. The van der Waals surface area contributed by atoms with Crippen molar-refractivity contribution in [1.82, 2.24) is 0 Å². The maximum atomic E-state index is 5.36. The molecule has 0 radical (unpaired) electrons. The number of aryl methyl sites for hydroxylation is 2. The van der Waals surface area contributed by atoms with Gasteiger partial charge in [-0.2, -0.15) is 0 Å². The van der Waals surface area contributed by atoms with Crippen molar-refractivity contribution in [2.45, 2.75) is 26.2 Å². The maximum Gasteiger partial charge on any atom is 0.141 e. The second-order valence-electron chi connectivity index (χ2n) is 5.07. The molecule has 2 rings (SSSR count). The number of rotatable bonds is 7. The Balaban J connectivity index is 1.75. The first-order chi connectivity index (χ1) is 9.79. The third-order valence-electron chi connectivity index (χ3n) is 3.41. The van der Waals surface area contributed by atoms with Crippen molar-refractivity contribution >= 4 is 5.69 Å². The number of methoxy groups -OCH3 is 1. The van der Waals surface area contributed by atoms with E-state index in [4.69, 9.17) is 4.74 Å². The minimum Gasteiger partial charge on any atom is -0.495 e. The highest BCUT2D eigenvalue weighted by molar-refractivity contribution is 5.57. The zero-order chi connectivity index (χ0) is 14.2. The maximum absolute atomic E-state index is 5.36. The van der Waals surface area contributed by atoms with Crippen LogP contribution in [0.4, 0.5) is 5.69 Å². The number of nitrogens with one attached hydrogen (secondary N) is 1. The van der Waals surface area contributed by atoms with E-state index in [1.54, 1.807) is 7.11 Å². The van der Waals surface area contributed by atoms with Crippen molar-refractivity contribution in [1.29, 1.82) is 0 Å². The standard InChI is InChI=1S/C18H23NO/c1-15-11-12-18(20-2)17(14-15)19-13-7-6-10-16-8-4-3-5-9-16/h3-5,8-9,11-12,14,19H,6-7,10,13H2,1-2H3. The smallest absolute Gasteiger partial charge is 0.141 e. The molecule has 2 nitrogen and oxygen atoms in total. The van der Waals surface area contributed by atoms with Gasteiger partial charge in [0.1, 0.15) is 5.75 Å². The predicted molar refractivity (Wildman–Crippen MR) is 85.6 cm³/mol. The van der Waals surface area contributed by atoms with Gasteiger partial charge in [-0.1, -0.05) is 36.4 Å². The lowest BCUT2D eigenvalue weighted by atomic mass is 10.1. The van der Waals surface area contributed by atoms with Crippen LogP contribution in [0.15, 0.2) is 48.5 Å². The Morgan fingerprint density at radius 3 is 2.55 bits per heavy atom. The van der Waals surface area contributed by atoms with Gasteiger partial charge in [0.05, 0.1) is 12.8 Å². The topological polar surface area (TPSA) is 21.3 Å². The van der Waals surface area contributed by atoms with Crippen molar-refractivity contribution in [3.8, 4) is 5.75 Å². The largest absolute Gasteiger partial charge is 0.495 e. The zero-order valence-corrected chi connectivity index (χ0v) is 12.4. The van der Waals surface area contributed by atoms with Gasteiger partial charge >= 0.3 is 0 Å². The van der Waals surface area contributed by atoms with E-state index < -0.39 is 0 Å². The third kappa shape index (κ3) is 4.30. The summed E-state index contributed by atoms with van der Waals surface area (Å²) in [6, 6.07) is 16.9. The van der Waals surface area contributed by atoms with Crippen molar-refractivity contribution < 1.29 is 4.74 Å². The number of benzene rings is 2. The summed E-state index contributed by atoms with van der Waals surface area (Å²) in [7, 11) is 1.71. The first-order valence-corrected chi connectivity index (χ1v) is 7.22. The summed E-state index contributed by atoms with van der Waals surface area (Å²) in [6.45, 7) is 3.08. The van der Waals surface area contributed by atoms with Gasteiger partial charge in [-0.05, 0) is 49.4 Å². The molecule has 0 saturated carbocycles. The lowest BCUT2D eigenvalue weighted by Gasteiger charge is -2.12. The van der Waals surface area contributed by atoms with Gasteiger partial charge in [0.2, 0.25) is 0 Å². The van der Waals surface area contributed by atoms with Gasteiger partial charge in [-0.25, -0.2) is 0 Å². The van der Waals surface area contributed by atoms with Crippen LogP contribution in [0.1, 0.15) is 24.0 Å². The van der Waals surface area contributed by atoms with E-state index in [2.05, 4.69) is 54.7 Å². The molecule has 0 unspecified atom stereocenters. The summed E-state index contributed by atoms with van der Waals surface area (Å²) >= 11 is 0. The normalized spacial score (nSPS) is 10.3. The molecular formula is C18H23NO. The number of hydrogen-bond acceptors (Lipinski definition) is 2. The van der Waals surface area contributed by atoms with Crippen LogP contribution in [0.3, 0.4) is 0 Å². The summed E-state index contributed by atoms with van der Waals surface area (Å²) in [4.78, 5) is 0. The van der Waals surface area contributed by atoms with Crippen LogP contribution < -0.4 is 10.1 Å². The molecule has 0 aliphatic carbocycles. The SMILES string of the molecule is COc1ccc(C)cc1NCCCCc1ccccc1. The zero-order valence-electron chi connectivity index (χ0n) is 12.4. The van der Waals surface area contributed by atoms with Gasteiger partial charge in [0, 0.05) is 6.54 Å². The van der Waals surface area contributed by atoms with Crippen LogP contribution in [0.2, 0.25) is 0 Å². The third-order valence-corrected chi connectivity index (χ3v) is 3.41. The highest BCUT2D eigenvalue weighted by Crippen LogP contribution is 2.25. The Kier molecular flexibility index (Phi) is 5.48. The first-order valence-electron chi connectivity index (χ1n) is 7.22. The average molecular weight is 269 g/mol. The van der Waals surface area contributed by atoms with Gasteiger partial charge in [-0.15, -0.1) is 0 Å². The molecule has 0 aliphatic heterocycles. The predicted octanol–water partition coefficient (Wildman–Crippen LogP) is 4.44. The molecular weight excluding hydrogens is 246 g/mol. The molecule has 0 bridgehead atoms. The number of anilines is 1. The van der Waals surface area contributed by atoms with E-state index >= 15 is 0 Å². The molecule has 106 valence electrons. The second-order valence-corrected chi connectivity index (χ2v) is 5.07. The second kappa shape index (κ2) is 7.59. The fraction of sp³-hybridized carbons (Fsp3) is 0.333. The van der Waals surface area contributed by atoms with Crippen molar-refractivity contribution in [2.24, 2.45) is 0 Å². The van der Waals surface area contributed by atoms with Crippen molar-refractivity contribution in [2.75, 3.05) is 19.0 Å². The molecule has 2 aromatic carbocycles. The van der Waals surface area contributed by atoms with Gasteiger partial charge < -0.3 is 10.1 Å². The summed E-state index contributed by atoms with van der Waals surface area (Å²) in [5.74, 6) is 0.915. The quantitative estimate of drug-likeness (QED) is 0.750. The Morgan fingerprint density at radius 1 is 1.00 bits per heavy atom. The van der Waals surface area contributed by atoms with E-state index in [0.717, 1.165) is 30.8 Å². The molecule has 0 heterocycles. The summed E-state index contributed by atoms with van der Waals surface area (Å²) < 4.78 is 5.36. The Hall–Kier alpha value is -1.96. The number of hydrogen-bond donors (Lipinski definition) is 1. The minimum absolute atomic E-state index is 0.915. The molecule has 0 fully saturated rings. The van der Waals surface area contributed by atoms with Crippen LogP contribution in [-0.2, 0) is 6.42 Å². The lowest BCUT2D eigenvalue weighted by Crippen LogP contribution is -2.04. The average Bonchev–Trinajstić information content (AvgIpc) is 2.48. The van der Waals surface area contributed by atoms with E-state index in [-0.39, 0.29) is 0 Å². The molecule has 0 spiro atoms. The summed E-state index contributed by atoms with van der Waals surface area (Å²) in [5, 5.41) is 3.47. The Morgan fingerprint density at radius 2 is 1.80 bits per heavy atom. The van der Waals surface area contributed by atoms with Crippen LogP contribution in [-0.4, -0.2) is 13.7 Å². The molecule has 0 saturated heterocycles. The molecule has 20 heavy (non-hydrogen) atoms. The van der Waals surface area contributed by atoms with E-state index in [9.17, 15) is 0 Å². The molecule has 1 N–H and O–H groups in total. The fourth-order valence-electron chi connectivity index (χ4n) is 2.28. The minimum atomic E-state index is 0.915. The van der Waals surface area contributed by atoms with Crippen molar-refractivity contribution in [3.05, 3.63) is 59.7 Å². The van der Waals surface area contributed by atoms with Crippen LogP contribution in [0, 0.1) is 6.92 Å². The summed E-state index contributed by atoms with van der Waals surface area (Å²) in [6.07, 6.45) is 3.50. The summed E-state index contributed by atoms with van der Waals surface area (Å²) in [5.41, 5.74) is 3.76. The Labute approximate surface area is 121 Å². The van der Waals surface area contributed by atoms with Gasteiger partial charge in [0.15, 0.2) is 0 Å². The lowest BCUT2D eigenvalue weighted by molar-refractivity contribution is 0.416. The molecule has 0 aliphatic rings. The molecule has 2 heteroatoms. The number of unbranched alkanes of at least 4 members (excludes halogenated alkanes) is 1. The van der Waals surface area contributed by atoms with Crippen molar-refractivity contribution in [3.63, 3.8) is 0 Å². The van der Waals surface area contributed by atoms with E-state index in [0.29, 0.717) is 0 Å². The molecule has 0 atom stereocenters. The fourth-order valence-corrected chi connectivity index (χ4v) is 2.28.